The van der Waals surface area contributed by atoms with Crippen LogP contribution in [0.15, 0.2) is 0 Å². The van der Waals surface area contributed by atoms with Crippen LogP contribution in [-0.4, -0.2) is 32.9 Å². The molecule has 112 valence electrons. The van der Waals surface area contributed by atoms with Gasteiger partial charge in [0.2, 0.25) is 9.05 Å². The van der Waals surface area contributed by atoms with Crippen molar-refractivity contribution in [2.24, 2.45) is 0 Å². The van der Waals surface area contributed by atoms with Gasteiger partial charge in [-0.05, 0) is 12.8 Å². The fourth-order valence-electron chi connectivity index (χ4n) is 1.06. The maximum Gasteiger partial charge on any atom is 0.264 e. The number of unbranched alkanes of at least 4 members (excludes halogenated alkanes) is 4. The Kier molecular flexibility index (Phi) is 12.5. The van der Waals surface area contributed by atoms with E-state index in [0.29, 0.717) is 12.8 Å². The largest absolute Gasteiger partial charge is 0.286 e. The number of rotatable bonds is 8. The predicted molar refractivity (Wildman–Crippen MR) is 75.1 cm³/mol. The van der Waals surface area contributed by atoms with Crippen LogP contribution in [0.5, 0.6) is 0 Å². The van der Waals surface area contributed by atoms with Crippen molar-refractivity contribution >= 4 is 29.9 Å². The van der Waals surface area contributed by atoms with Gasteiger partial charge in [0, 0.05) is 10.7 Å². The lowest BCUT2D eigenvalue weighted by Crippen LogP contribution is -2.02. The van der Waals surface area contributed by atoms with E-state index in [1.807, 2.05) is 13.8 Å². The lowest BCUT2D eigenvalue weighted by Gasteiger charge is -1.92. The minimum absolute atomic E-state index is 0.0964. The lowest BCUT2D eigenvalue weighted by atomic mass is 10.3. The van der Waals surface area contributed by atoms with Gasteiger partial charge in [0.15, 0.2) is 0 Å². The summed E-state index contributed by atoms with van der Waals surface area (Å²) in [6.45, 7) is 3.99. The van der Waals surface area contributed by atoms with E-state index in [0.717, 1.165) is 25.7 Å². The molecule has 0 saturated carbocycles. The normalized spacial score (nSPS) is 11.8. The molecule has 0 aromatic carbocycles. The average molecular weight is 323 g/mol. The Labute approximate surface area is 115 Å². The van der Waals surface area contributed by atoms with Gasteiger partial charge in [0.05, 0.1) is 11.5 Å². The fraction of sp³-hybridized carbons (Fsp3) is 1.00. The maximum absolute atomic E-state index is 10.3. The summed E-state index contributed by atoms with van der Waals surface area (Å²) in [4.78, 5) is 0. The molecular formula is C10H23ClO5S2. The van der Waals surface area contributed by atoms with Crippen LogP contribution in [0.1, 0.15) is 52.4 Å². The van der Waals surface area contributed by atoms with Crippen molar-refractivity contribution < 1.29 is 21.4 Å². The van der Waals surface area contributed by atoms with Crippen LogP contribution < -0.4 is 0 Å². The third-order valence-corrected chi connectivity index (χ3v) is 4.04. The lowest BCUT2D eigenvalue weighted by molar-refractivity contribution is 0.480. The van der Waals surface area contributed by atoms with E-state index in [9.17, 15) is 16.8 Å². The Hall–Kier alpha value is 0.150. The van der Waals surface area contributed by atoms with E-state index in [1.165, 1.54) is 0 Å². The van der Waals surface area contributed by atoms with Gasteiger partial charge < -0.3 is 0 Å². The molecule has 18 heavy (non-hydrogen) atoms. The first kappa shape index (κ1) is 20.5. The zero-order valence-corrected chi connectivity index (χ0v) is 13.3. The summed E-state index contributed by atoms with van der Waals surface area (Å²) in [7, 11) is -1.98. The molecule has 5 nitrogen and oxygen atoms in total. The Morgan fingerprint density at radius 1 is 0.833 bits per heavy atom. The van der Waals surface area contributed by atoms with Gasteiger partial charge in [0.1, 0.15) is 0 Å². The summed E-state index contributed by atoms with van der Waals surface area (Å²) in [6.07, 6.45) is 5.03. The van der Waals surface area contributed by atoms with E-state index in [4.69, 9.17) is 15.2 Å². The van der Waals surface area contributed by atoms with Gasteiger partial charge in [-0.25, -0.2) is 8.42 Å². The van der Waals surface area contributed by atoms with Crippen molar-refractivity contribution in [2.75, 3.05) is 11.5 Å². The van der Waals surface area contributed by atoms with Gasteiger partial charge in [0.25, 0.3) is 10.1 Å². The second-order valence-corrected chi connectivity index (χ2v) is 8.41. The van der Waals surface area contributed by atoms with Crippen LogP contribution in [0.4, 0.5) is 0 Å². The Bertz CT molecular complexity index is 337. The van der Waals surface area contributed by atoms with Gasteiger partial charge >= 0.3 is 0 Å². The zero-order chi connectivity index (χ0) is 14.7. The monoisotopic (exact) mass is 322 g/mol. The highest BCUT2D eigenvalue weighted by atomic mass is 35.7. The molecule has 0 fully saturated rings. The van der Waals surface area contributed by atoms with Crippen LogP contribution >= 0.6 is 10.7 Å². The fourth-order valence-corrected chi connectivity index (χ4v) is 2.50. The molecule has 0 saturated heterocycles. The highest BCUT2D eigenvalue weighted by Gasteiger charge is 2.02. The van der Waals surface area contributed by atoms with Crippen molar-refractivity contribution in [3.05, 3.63) is 0 Å². The molecule has 0 spiro atoms. The van der Waals surface area contributed by atoms with Crippen LogP contribution in [-0.2, 0) is 19.2 Å². The summed E-state index contributed by atoms with van der Waals surface area (Å²) < 4.78 is 48.9. The minimum Gasteiger partial charge on any atom is -0.286 e. The molecule has 0 aromatic heterocycles. The Morgan fingerprint density at radius 3 is 1.50 bits per heavy atom. The molecule has 0 unspecified atom stereocenters. The predicted octanol–water partition coefficient (Wildman–Crippen LogP) is 2.81. The third kappa shape index (κ3) is 25.1. The first-order chi connectivity index (χ1) is 8.12. The van der Waals surface area contributed by atoms with Crippen LogP contribution in [0.3, 0.4) is 0 Å². The van der Waals surface area contributed by atoms with Gasteiger partial charge in [-0.15, -0.1) is 0 Å². The summed E-state index contributed by atoms with van der Waals surface area (Å²) in [5.41, 5.74) is 0. The molecule has 0 radical (unpaired) electrons. The van der Waals surface area contributed by atoms with Crippen molar-refractivity contribution in [1.29, 1.82) is 0 Å². The second kappa shape index (κ2) is 11.0. The quantitative estimate of drug-likeness (QED) is 0.421. The van der Waals surface area contributed by atoms with Crippen molar-refractivity contribution in [3.8, 4) is 0 Å². The molecule has 1 N–H and O–H groups in total. The number of halogens is 1. The standard InChI is InChI=1S/C5H11ClO2S.C5H12O3S/c2*1-2-3-4-5-9(6,7)8/h2-5H2,1H3;2-5H2,1H3,(H,6,7,8). The average Bonchev–Trinajstić information content (AvgIpc) is 2.16. The summed E-state index contributed by atoms with van der Waals surface area (Å²) in [6, 6.07) is 0. The minimum atomic E-state index is -3.70. The third-order valence-electron chi connectivity index (χ3n) is 2.00. The molecule has 0 aliphatic rings. The van der Waals surface area contributed by atoms with Gasteiger partial charge in [-0.3, -0.25) is 4.55 Å². The van der Waals surface area contributed by atoms with Crippen molar-refractivity contribution in [1.82, 2.24) is 0 Å². The number of hydrogen-bond acceptors (Lipinski definition) is 4. The second-order valence-electron chi connectivity index (χ2n) is 3.94. The SMILES string of the molecule is CCCCCS(=O)(=O)Cl.CCCCCS(=O)(=O)O. The van der Waals surface area contributed by atoms with E-state index >= 15 is 0 Å². The van der Waals surface area contributed by atoms with E-state index < -0.39 is 19.2 Å². The summed E-state index contributed by atoms with van der Waals surface area (Å²) >= 11 is 0. The van der Waals surface area contributed by atoms with Crippen LogP contribution in [0, 0.1) is 0 Å². The molecule has 0 bridgehead atoms. The van der Waals surface area contributed by atoms with E-state index in [-0.39, 0.29) is 11.5 Å². The smallest absolute Gasteiger partial charge is 0.264 e. The van der Waals surface area contributed by atoms with E-state index in [2.05, 4.69) is 0 Å². The first-order valence-electron chi connectivity index (χ1n) is 6.00. The van der Waals surface area contributed by atoms with Crippen LogP contribution in [0.2, 0.25) is 0 Å². The maximum atomic E-state index is 10.3. The molecule has 0 atom stereocenters. The highest BCUT2D eigenvalue weighted by Crippen LogP contribution is 2.02. The topological polar surface area (TPSA) is 88.5 Å². The van der Waals surface area contributed by atoms with Crippen molar-refractivity contribution in [3.63, 3.8) is 0 Å². The summed E-state index contributed by atoms with van der Waals surface area (Å²) in [5, 5.41) is 0. The summed E-state index contributed by atoms with van der Waals surface area (Å²) in [5.74, 6) is 0.0171. The van der Waals surface area contributed by atoms with Gasteiger partial charge in [-0.1, -0.05) is 39.5 Å². The zero-order valence-electron chi connectivity index (χ0n) is 10.9. The van der Waals surface area contributed by atoms with Crippen LogP contribution in [0.25, 0.3) is 0 Å². The van der Waals surface area contributed by atoms with Crippen molar-refractivity contribution in [2.45, 2.75) is 52.4 Å². The molecule has 0 aromatic rings. The Morgan fingerprint density at radius 2 is 1.22 bits per heavy atom. The molecular weight excluding hydrogens is 300 g/mol. The molecule has 8 heteroatoms. The molecule has 0 aliphatic heterocycles. The molecule has 0 rings (SSSR count). The molecule has 0 heterocycles. The number of hydrogen-bond donors (Lipinski definition) is 1. The molecule has 0 amide bonds. The first-order valence-corrected chi connectivity index (χ1v) is 10.1. The molecule has 0 aliphatic carbocycles. The van der Waals surface area contributed by atoms with Gasteiger partial charge in [-0.2, -0.15) is 8.42 Å². The Balaban J connectivity index is 0. The highest BCUT2D eigenvalue weighted by molar-refractivity contribution is 8.13. The van der Waals surface area contributed by atoms with E-state index in [1.54, 1.807) is 0 Å².